The summed E-state index contributed by atoms with van der Waals surface area (Å²) in [6.45, 7) is 0.935. The maximum Gasteiger partial charge on any atom is 0.409 e. The van der Waals surface area contributed by atoms with Crippen molar-refractivity contribution in [2.24, 2.45) is 7.05 Å². The van der Waals surface area contributed by atoms with Crippen molar-refractivity contribution >= 4 is 33.6 Å². The van der Waals surface area contributed by atoms with Crippen LogP contribution in [0, 0.1) is 3.57 Å². The summed E-state index contributed by atoms with van der Waals surface area (Å²) in [5.74, 6) is 0. The molecule has 2 heterocycles. The summed E-state index contributed by atoms with van der Waals surface area (Å²) in [6.07, 6.45) is -1.87. The maximum atomic E-state index is 12.6. The van der Waals surface area contributed by atoms with Crippen LogP contribution in [0.15, 0.2) is 17.3 Å². The predicted octanol–water partition coefficient (Wildman–Crippen LogP) is 2.46. The fraction of sp³-hybridized carbons (Fsp3) is 0.400. The van der Waals surface area contributed by atoms with E-state index in [0.717, 1.165) is 13.3 Å². The third kappa shape index (κ3) is 2.02. The molecular formula is C10H9F3IN3O. The van der Waals surface area contributed by atoms with E-state index in [0.29, 0.717) is 13.8 Å². The number of fused-ring (bicyclic) bond motifs is 1. The highest BCUT2D eigenvalue weighted by molar-refractivity contribution is 14.1. The van der Waals surface area contributed by atoms with Gasteiger partial charge in [0.1, 0.15) is 18.0 Å². The first-order valence-electron chi connectivity index (χ1n) is 5.02. The molecule has 0 aliphatic carbocycles. The summed E-state index contributed by atoms with van der Waals surface area (Å²) in [4.78, 5) is 16.0. The van der Waals surface area contributed by atoms with Crippen molar-refractivity contribution in [3.8, 4) is 0 Å². The third-order valence-electron chi connectivity index (χ3n) is 2.75. The number of halogens is 4. The number of nitrogens with zero attached hydrogens (tertiary/aromatic N) is 3. The molecule has 0 saturated carbocycles. The van der Waals surface area contributed by atoms with Crippen LogP contribution in [-0.4, -0.2) is 20.3 Å². The quantitative estimate of drug-likeness (QED) is 0.723. The number of aromatic nitrogens is 3. The van der Waals surface area contributed by atoms with Gasteiger partial charge in [-0.2, -0.15) is 13.2 Å². The molecule has 1 atom stereocenters. The van der Waals surface area contributed by atoms with Crippen molar-refractivity contribution in [3.05, 3.63) is 26.4 Å². The highest BCUT2D eigenvalue weighted by Gasteiger charge is 2.38. The largest absolute Gasteiger partial charge is 0.409 e. The summed E-state index contributed by atoms with van der Waals surface area (Å²) < 4.78 is 40.7. The Bertz CT molecular complexity index is 659. The molecule has 0 spiro atoms. The molecule has 0 aliphatic rings. The molecule has 0 aliphatic heterocycles. The highest BCUT2D eigenvalue weighted by atomic mass is 127. The van der Waals surface area contributed by atoms with Crippen LogP contribution >= 0.6 is 22.6 Å². The van der Waals surface area contributed by atoms with E-state index in [2.05, 4.69) is 4.98 Å². The Labute approximate surface area is 114 Å². The summed E-state index contributed by atoms with van der Waals surface area (Å²) in [6, 6.07) is -1.89. The molecule has 1 unspecified atom stereocenters. The Balaban J connectivity index is 2.73. The Hall–Kier alpha value is -1.06. The molecule has 2 aromatic heterocycles. The average Bonchev–Trinajstić information content (AvgIpc) is 2.53. The average molecular weight is 371 g/mol. The number of hydrogen-bond donors (Lipinski definition) is 0. The molecule has 0 fully saturated rings. The fourth-order valence-corrected chi connectivity index (χ4v) is 2.55. The molecule has 0 bridgehead atoms. The lowest BCUT2D eigenvalue weighted by Crippen LogP contribution is -2.32. The second-order valence-corrected chi connectivity index (χ2v) is 5.12. The first-order valence-corrected chi connectivity index (χ1v) is 6.09. The van der Waals surface area contributed by atoms with Crippen LogP contribution in [0.1, 0.15) is 13.0 Å². The van der Waals surface area contributed by atoms with Gasteiger partial charge in [0.05, 0.1) is 5.39 Å². The Morgan fingerprint density at radius 3 is 2.61 bits per heavy atom. The van der Waals surface area contributed by atoms with E-state index in [1.165, 1.54) is 0 Å². The smallest absolute Gasteiger partial charge is 0.334 e. The van der Waals surface area contributed by atoms with Crippen LogP contribution in [-0.2, 0) is 7.05 Å². The monoisotopic (exact) mass is 371 g/mol. The predicted molar refractivity (Wildman–Crippen MR) is 68.5 cm³/mol. The van der Waals surface area contributed by atoms with Gasteiger partial charge < -0.3 is 4.57 Å². The second kappa shape index (κ2) is 4.25. The molecular weight excluding hydrogens is 362 g/mol. The first kappa shape index (κ1) is 13.4. The molecule has 2 rings (SSSR count). The van der Waals surface area contributed by atoms with Crippen molar-refractivity contribution in [3.63, 3.8) is 0 Å². The number of rotatable bonds is 1. The van der Waals surface area contributed by atoms with Crippen LogP contribution in [0.25, 0.3) is 11.0 Å². The molecule has 0 radical (unpaired) electrons. The van der Waals surface area contributed by atoms with E-state index < -0.39 is 17.8 Å². The van der Waals surface area contributed by atoms with Crippen molar-refractivity contribution in [1.82, 2.24) is 14.1 Å². The molecule has 0 aromatic carbocycles. The minimum atomic E-state index is -4.47. The van der Waals surface area contributed by atoms with E-state index in [9.17, 15) is 18.0 Å². The third-order valence-corrected chi connectivity index (χ3v) is 3.57. The number of alkyl halides is 3. The number of hydrogen-bond acceptors (Lipinski definition) is 2. The Morgan fingerprint density at radius 1 is 1.44 bits per heavy atom. The standard InChI is InChI=1S/C10H9F3IN3O/c1-5(10(11,12)13)17-4-15-8-7(9(17)18)6(14)3-16(8)2/h3-5H,1-2H3. The molecule has 4 nitrogen and oxygen atoms in total. The maximum absolute atomic E-state index is 12.6. The van der Waals surface area contributed by atoms with Crippen LogP contribution in [0.2, 0.25) is 0 Å². The van der Waals surface area contributed by atoms with Gasteiger partial charge in [0.2, 0.25) is 0 Å². The molecule has 0 amide bonds. The van der Waals surface area contributed by atoms with Crippen molar-refractivity contribution in [2.45, 2.75) is 19.1 Å². The summed E-state index contributed by atoms with van der Waals surface area (Å²) >= 11 is 1.91. The lowest BCUT2D eigenvalue weighted by molar-refractivity contribution is -0.163. The minimum Gasteiger partial charge on any atom is -0.334 e. The van der Waals surface area contributed by atoms with Gasteiger partial charge >= 0.3 is 6.18 Å². The van der Waals surface area contributed by atoms with Gasteiger partial charge in [0.15, 0.2) is 0 Å². The normalized spacial score (nSPS) is 14.1. The van der Waals surface area contributed by atoms with Crippen molar-refractivity contribution in [2.75, 3.05) is 0 Å². The lowest BCUT2D eigenvalue weighted by Gasteiger charge is -2.17. The van der Waals surface area contributed by atoms with Crippen LogP contribution in [0.4, 0.5) is 13.2 Å². The van der Waals surface area contributed by atoms with E-state index in [1.807, 2.05) is 22.6 Å². The van der Waals surface area contributed by atoms with Crippen LogP contribution < -0.4 is 5.56 Å². The van der Waals surface area contributed by atoms with Gasteiger partial charge in [-0.3, -0.25) is 9.36 Å². The zero-order valence-electron chi connectivity index (χ0n) is 9.49. The summed E-state index contributed by atoms with van der Waals surface area (Å²) in [7, 11) is 1.69. The van der Waals surface area contributed by atoms with E-state index >= 15 is 0 Å². The van der Waals surface area contributed by atoms with E-state index in [1.54, 1.807) is 17.8 Å². The van der Waals surface area contributed by atoms with Gasteiger partial charge in [0.25, 0.3) is 5.56 Å². The SMILES string of the molecule is CC(n1cnc2c(c(I)cn2C)c1=O)C(F)(F)F. The number of aryl methyl sites for hydroxylation is 1. The molecule has 0 N–H and O–H groups in total. The molecule has 2 aromatic rings. The molecule has 98 valence electrons. The van der Waals surface area contributed by atoms with Crippen LogP contribution in [0.5, 0.6) is 0 Å². The summed E-state index contributed by atoms with van der Waals surface area (Å²) in [5.41, 5.74) is -0.287. The molecule has 0 saturated heterocycles. The molecule has 8 heteroatoms. The first-order chi connectivity index (χ1) is 8.23. The lowest BCUT2D eigenvalue weighted by atomic mass is 10.3. The highest BCUT2D eigenvalue weighted by Crippen LogP contribution is 2.29. The summed E-state index contributed by atoms with van der Waals surface area (Å²) in [5, 5.41) is 0.219. The van der Waals surface area contributed by atoms with Gasteiger partial charge in [0, 0.05) is 16.8 Å². The Kier molecular flexibility index (Phi) is 3.16. The Morgan fingerprint density at radius 2 is 2.06 bits per heavy atom. The van der Waals surface area contributed by atoms with Gasteiger partial charge in [-0.1, -0.05) is 0 Å². The topological polar surface area (TPSA) is 39.8 Å². The molecule has 18 heavy (non-hydrogen) atoms. The van der Waals surface area contributed by atoms with Crippen molar-refractivity contribution in [1.29, 1.82) is 0 Å². The minimum absolute atomic E-state index is 0.219. The van der Waals surface area contributed by atoms with E-state index in [-0.39, 0.29) is 5.39 Å². The van der Waals surface area contributed by atoms with Gasteiger partial charge in [-0.25, -0.2) is 4.98 Å². The van der Waals surface area contributed by atoms with E-state index in [4.69, 9.17) is 0 Å². The fourth-order valence-electron chi connectivity index (χ4n) is 1.66. The van der Waals surface area contributed by atoms with Crippen LogP contribution in [0.3, 0.4) is 0 Å². The van der Waals surface area contributed by atoms with Gasteiger partial charge in [-0.15, -0.1) is 0 Å². The zero-order valence-corrected chi connectivity index (χ0v) is 11.7. The van der Waals surface area contributed by atoms with Crippen molar-refractivity contribution < 1.29 is 13.2 Å². The zero-order chi connectivity index (χ0) is 13.7. The second-order valence-electron chi connectivity index (χ2n) is 3.96. The van der Waals surface area contributed by atoms with Gasteiger partial charge in [-0.05, 0) is 29.5 Å².